The van der Waals surface area contributed by atoms with Crippen LogP contribution in [0.25, 0.3) is 0 Å². The van der Waals surface area contributed by atoms with E-state index < -0.39 is 8.32 Å². The van der Waals surface area contributed by atoms with Crippen LogP contribution in [0.4, 0.5) is 41.4 Å². The SMILES string of the molecule is C1CCOC1.CC(C)(C)[Si](C)(C)Oc1ccc(NC(=O)NC2CCN(c3ccc(F)cc3)CC2)nc1.Cl.O=C(Nc1ccc(O)cn1)NC1CCN(c2ccc(F)cc2)CC1. The second-order valence-corrected chi connectivity index (χ2v) is 21.4. The number of carbonyl (C=O) groups excluding carboxylic acids is 2. The molecular formula is C44H61ClF2N8O5Si. The summed E-state index contributed by atoms with van der Waals surface area (Å²) >= 11 is 0. The summed E-state index contributed by atoms with van der Waals surface area (Å²) in [4.78, 5) is 37.0. The molecule has 3 saturated heterocycles. The maximum Gasteiger partial charge on any atom is 0.320 e. The van der Waals surface area contributed by atoms with E-state index in [9.17, 15) is 18.4 Å². The van der Waals surface area contributed by atoms with Crippen molar-refractivity contribution in [3.8, 4) is 11.5 Å². The minimum Gasteiger partial charge on any atom is -0.542 e. The fourth-order valence-electron chi connectivity index (χ4n) is 6.48. The Labute approximate surface area is 365 Å². The summed E-state index contributed by atoms with van der Waals surface area (Å²) in [5.41, 5.74) is 2.00. The zero-order chi connectivity index (χ0) is 43.1. The van der Waals surface area contributed by atoms with Crippen molar-refractivity contribution in [3.05, 3.63) is 96.8 Å². The third-order valence-electron chi connectivity index (χ3n) is 11.0. The largest absolute Gasteiger partial charge is 0.542 e. The number of nitrogens with one attached hydrogen (secondary N) is 4. The number of pyridine rings is 2. The van der Waals surface area contributed by atoms with Gasteiger partial charge in [0.2, 0.25) is 0 Å². The lowest BCUT2D eigenvalue weighted by Gasteiger charge is -2.36. The number of aromatic nitrogens is 2. The van der Waals surface area contributed by atoms with Crippen LogP contribution in [-0.2, 0) is 4.74 Å². The number of urea groups is 2. The molecule has 3 aliphatic heterocycles. The summed E-state index contributed by atoms with van der Waals surface area (Å²) in [6.07, 6.45) is 8.78. The van der Waals surface area contributed by atoms with Gasteiger partial charge in [-0.2, -0.15) is 0 Å². The van der Waals surface area contributed by atoms with Gasteiger partial charge in [-0.25, -0.2) is 28.3 Å². The van der Waals surface area contributed by atoms with E-state index >= 15 is 0 Å². The molecule has 0 aliphatic carbocycles. The molecule has 0 saturated carbocycles. The standard InChI is InChI=1S/C23H33FN4O2Si.C17H19FN4O2.C4H8O.ClH/c1-23(2,3)31(4,5)30-20-10-11-21(25-16-20)27-22(29)26-18-12-14-28(15-13-18)19-8-6-17(24)7-9-19;18-12-1-3-14(4-2-12)22-9-7-13(8-10-22)20-17(24)21-16-6-5-15(23)11-19-16;1-2-4-5-3-1;/h6-11,16,18H,12-15H2,1-5H3,(H2,25,26,27,29);1-6,11,13,23H,7-10H2,(H2,19,20,21,24);1-4H2;1H. The smallest absolute Gasteiger partial charge is 0.320 e. The number of hydrogen-bond acceptors (Lipinski definition) is 9. The number of amides is 4. The van der Waals surface area contributed by atoms with E-state index in [1.54, 1.807) is 36.5 Å². The first kappa shape index (κ1) is 48.5. The van der Waals surface area contributed by atoms with Crippen molar-refractivity contribution in [2.45, 2.75) is 89.5 Å². The first-order valence-electron chi connectivity index (χ1n) is 20.7. The second kappa shape index (κ2) is 23.1. The van der Waals surface area contributed by atoms with Crippen LogP contribution in [0.1, 0.15) is 59.3 Å². The Morgan fingerprint density at radius 1 is 0.705 bits per heavy atom. The van der Waals surface area contributed by atoms with Crippen molar-refractivity contribution >= 4 is 55.8 Å². The summed E-state index contributed by atoms with van der Waals surface area (Å²) in [7, 11) is -1.92. The molecule has 0 unspecified atom stereocenters. The predicted molar refractivity (Wildman–Crippen MR) is 243 cm³/mol. The molecule has 5 N–H and O–H groups in total. The van der Waals surface area contributed by atoms with Crippen molar-refractivity contribution in [3.63, 3.8) is 0 Å². The zero-order valence-corrected chi connectivity index (χ0v) is 37.6. The fourth-order valence-corrected chi connectivity index (χ4v) is 7.49. The average molecular weight is 884 g/mol. The molecule has 4 amide bonds. The highest BCUT2D eigenvalue weighted by atomic mass is 35.5. The maximum atomic E-state index is 13.1. The molecule has 0 bridgehead atoms. The number of rotatable bonds is 8. The number of carbonyl (C=O) groups is 2. The van der Waals surface area contributed by atoms with Crippen LogP contribution in [0.15, 0.2) is 85.2 Å². The average Bonchev–Trinajstić information content (AvgIpc) is 3.82. The molecule has 0 spiro atoms. The molecule has 5 heterocycles. The molecule has 4 aromatic rings. The minimum absolute atomic E-state index is 0. The normalized spacial score (nSPS) is 15.8. The van der Waals surface area contributed by atoms with Gasteiger partial charge in [-0.3, -0.25) is 10.6 Å². The van der Waals surface area contributed by atoms with Gasteiger partial charge in [-0.15, -0.1) is 12.4 Å². The lowest BCUT2D eigenvalue weighted by molar-refractivity contribution is 0.198. The van der Waals surface area contributed by atoms with Gasteiger partial charge in [0, 0.05) is 62.9 Å². The van der Waals surface area contributed by atoms with Gasteiger partial charge in [-0.1, -0.05) is 20.8 Å². The van der Waals surface area contributed by atoms with Crippen LogP contribution in [0, 0.1) is 11.6 Å². The number of nitrogens with zero attached hydrogens (tertiary/aromatic N) is 4. The molecule has 7 rings (SSSR count). The van der Waals surface area contributed by atoms with E-state index in [0.29, 0.717) is 11.6 Å². The van der Waals surface area contributed by atoms with Crippen LogP contribution in [0.2, 0.25) is 18.1 Å². The lowest BCUT2D eigenvalue weighted by atomic mass is 10.0. The highest BCUT2D eigenvalue weighted by Gasteiger charge is 2.39. The van der Waals surface area contributed by atoms with Crippen LogP contribution in [-0.4, -0.2) is 86.9 Å². The van der Waals surface area contributed by atoms with Gasteiger partial charge < -0.3 is 34.7 Å². The van der Waals surface area contributed by atoms with Crippen LogP contribution in [0.3, 0.4) is 0 Å². The zero-order valence-electron chi connectivity index (χ0n) is 35.8. The number of piperidine rings is 2. The van der Waals surface area contributed by atoms with E-state index in [-0.39, 0.29) is 59.0 Å². The fraction of sp³-hybridized carbons (Fsp3) is 0.455. The number of hydrogen-bond donors (Lipinski definition) is 5. The Balaban J connectivity index is 0.000000242. The first-order valence-corrected chi connectivity index (χ1v) is 23.6. The summed E-state index contributed by atoms with van der Waals surface area (Å²) < 4.78 is 37.2. The van der Waals surface area contributed by atoms with Gasteiger partial charge in [0.25, 0.3) is 8.32 Å². The molecule has 17 heteroatoms. The number of halogens is 3. The van der Waals surface area contributed by atoms with E-state index in [1.165, 1.54) is 55.4 Å². The maximum absolute atomic E-state index is 13.1. The molecule has 2 aromatic carbocycles. The Kier molecular flexibility index (Phi) is 18.4. The Morgan fingerprint density at radius 3 is 1.48 bits per heavy atom. The number of benzene rings is 2. The third kappa shape index (κ3) is 16.0. The molecule has 332 valence electrons. The number of aromatic hydroxyl groups is 1. The number of ether oxygens (including phenoxy) is 1. The van der Waals surface area contributed by atoms with Crippen LogP contribution in [0.5, 0.6) is 11.5 Å². The predicted octanol–water partition coefficient (Wildman–Crippen LogP) is 9.33. The Hall–Kier alpha value is -5.19. The molecule has 0 atom stereocenters. The van der Waals surface area contributed by atoms with Gasteiger partial charge in [0.1, 0.15) is 34.8 Å². The summed E-state index contributed by atoms with van der Waals surface area (Å²) in [5.74, 6) is 1.18. The summed E-state index contributed by atoms with van der Waals surface area (Å²) in [6, 6.07) is 19.2. The van der Waals surface area contributed by atoms with E-state index in [1.807, 2.05) is 6.07 Å². The molecular weight excluding hydrogens is 822 g/mol. The molecule has 3 fully saturated rings. The van der Waals surface area contributed by atoms with Crippen molar-refractivity contribution in [2.75, 3.05) is 59.8 Å². The van der Waals surface area contributed by atoms with E-state index in [0.717, 1.165) is 82.2 Å². The Morgan fingerprint density at radius 2 is 1.13 bits per heavy atom. The van der Waals surface area contributed by atoms with Crippen molar-refractivity contribution < 1.29 is 32.6 Å². The highest BCUT2D eigenvalue weighted by Crippen LogP contribution is 2.37. The van der Waals surface area contributed by atoms with Gasteiger partial charge >= 0.3 is 12.1 Å². The van der Waals surface area contributed by atoms with Crippen LogP contribution < -0.4 is 35.5 Å². The molecule has 61 heavy (non-hydrogen) atoms. The van der Waals surface area contributed by atoms with Crippen molar-refractivity contribution in [1.82, 2.24) is 20.6 Å². The van der Waals surface area contributed by atoms with Crippen molar-refractivity contribution in [1.29, 1.82) is 0 Å². The van der Waals surface area contributed by atoms with E-state index in [4.69, 9.17) is 14.3 Å². The Bertz CT molecular complexity index is 1910. The lowest BCUT2D eigenvalue weighted by Crippen LogP contribution is -2.46. The van der Waals surface area contributed by atoms with Gasteiger partial charge in [0.05, 0.1) is 12.4 Å². The van der Waals surface area contributed by atoms with Crippen LogP contribution >= 0.6 is 12.4 Å². The molecule has 3 aliphatic rings. The molecule has 2 aromatic heterocycles. The summed E-state index contributed by atoms with van der Waals surface area (Å²) in [6.45, 7) is 16.2. The topological polar surface area (TPSA) is 153 Å². The monoisotopic (exact) mass is 882 g/mol. The van der Waals surface area contributed by atoms with Gasteiger partial charge in [0.15, 0.2) is 0 Å². The molecule has 13 nitrogen and oxygen atoms in total. The minimum atomic E-state index is -1.92. The first-order chi connectivity index (χ1) is 28.6. The quantitative estimate of drug-likeness (QED) is 0.109. The third-order valence-corrected chi connectivity index (χ3v) is 15.4. The van der Waals surface area contributed by atoms with Crippen molar-refractivity contribution in [2.24, 2.45) is 0 Å². The second-order valence-electron chi connectivity index (χ2n) is 16.6. The summed E-state index contributed by atoms with van der Waals surface area (Å²) in [5, 5.41) is 20.7. The highest BCUT2D eigenvalue weighted by molar-refractivity contribution is 6.74. The number of anilines is 4. The molecule has 0 radical (unpaired) electrons. The van der Waals surface area contributed by atoms with Gasteiger partial charge in [-0.05, 0) is 129 Å². The van der Waals surface area contributed by atoms with E-state index in [2.05, 4.69) is 74.9 Å².